The van der Waals surface area contributed by atoms with Crippen LogP contribution in [0.5, 0.6) is 0 Å². The zero-order valence-electron chi connectivity index (χ0n) is 10.5. The molecule has 0 saturated heterocycles. The molecule has 1 aromatic rings. The molecule has 0 spiro atoms. The van der Waals surface area contributed by atoms with E-state index in [1.165, 1.54) is 11.8 Å². The lowest BCUT2D eigenvalue weighted by Gasteiger charge is -2.03. The SMILES string of the molecule is CCCNC(=O)CSCC(=O)Nc1cc(C)on1. The Morgan fingerprint density at radius 1 is 1.39 bits per heavy atom. The Hall–Kier alpha value is -1.50. The van der Waals surface area contributed by atoms with E-state index in [9.17, 15) is 9.59 Å². The van der Waals surface area contributed by atoms with Gasteiger partial charge in [-0.25, -0.2) is 0 Å². The van der Waals surface area contributed by atoms with Crippen LogP contribution < -0.4 is 10.6 Å². The Morgan fingerprint density at radius 2 is 2.11 bits per heavy atom. The number of anilines is 1. The summed E-state index contributed by atoms with van der Waals surface area (Å²) in [7, 11) is 0. The molecule has 0 bridgehead atoms. The van der Waals surface area contributed by atoms with Crippen molar-refractivity contribution < 1.29 is 14.1 Å². The number of carbonyl (C=O) groups excluding carboxylic acids is 2. The topological polar surface area (TPSA) is 84.2 Å². The monoisotopic (exact) mass is 271 g/mol. The number of aromatic nitrogens is 1. The average molecular weight is 271 g/mol. The third-order valence-corrected chi connectivity index (χ3v) is 2.87. The third kappa shape index (κ3) is 5.72. The lowest BCUT2D eigenvalue weighted by atomic mass is 10.5. The molecule has 7 heteroatoms. The van der Waals surface area contributed by atoms with Crippen molar-refractivity contribution in [3.63, 3.8) is 0 Å². The number of amides is 2. The zero-order chi connectivity index (χ0) is 13.4. The zero-order valence-corrected chi connectivity index (χ0v) is 11.3. The fourth-order valence-corrected chi connectivity index (χ4v) is 1.80. The van der Waals surface area contributed by atoms with Crippen molar-refractivity contribution >= 4 is 29.4 Å². The molecule has 1 heterocycles. The van der Waals surface area contributed by atoms with E-state index in [2.05, 4.69) is 15.8 Å². The maximum absolute atomic E-state index is 11.5. The van der Waals surface area contributed by atoms with Crippen molar-refractivity contribution in [2.24, 2.45) is 0 Å². The molecule has 0 aromatic carbocycles. The molecule has 100 valence electrons. The highest BCUT2D eigenvalue weighted by atomic mass is 32.2. The lowest BCUT2D eigenvalue weighted by Crippen LogP contribution is -2.26. The number of rotatable bonds is 7. The van der Waals surface area contributed by atoms with Crippen LogP contribution in [-0.4, -0.2) is 35.0 Å². The van der Waals surface area contributed by atoms with Gasteiger partial charge in [-0.2, -0.15) is 0 Å². The second-order valence-corrected chi connectivity index (χ2v) is 4.70. The Balaban J connectivity index is 2.15. The van der Waals surface area contributed by atoms with Crippen molar-refractivity contribution in [2.75, 3.05) is 23.4 Å². The fourth-order valence-electron chi connectivity index (χ4n) is 1.16. The molecule has 18 heavy (non-hydrogen) atoms. The molecule has 0 fully saturated rings. The van der Waals surface area contributed by atoms with E-state index in [1.807, 2.05) is 6.92 Å². The maximum Gasteiger partial charge on any atom is 0.235 e. The normalized spacial score (nSPS) is 10.1. The highest BCUT2D eigenvalue weighted by Gasteiger charge is 2.07. The first-order chi connectivity index (χ1) is 8.61. The van der Waals surface area contributed by atoms with Crippen molar-refractivity contribution in [1.82, 2.24) is 10.5 Å². The quantitative estimate of drug-likeness (QED) is 0.778. The summed E-state index contributed by atoms with van der Waals surface area (Å²) in [6, 6.07) is 1.64. The minimum absolute atomic E-state index is 0.0491. The maximum atomic E-state index is 11.5. The Kier molecular flexibility index (Phi) is 6.27. The third-order valence-electron chi connectivity index (χ3n) is 1.93. The van der Waals surface area contributed by atoms with Gasteiger partial charge in [0, 0.05) is 12.6 Å². The summed E-state index contributed by atoms with van der Waals surface area (Å²) in [4.78, 5) is 22.7. The smallest absolute Gasteiger partial charge is 0.235 e. The predicted molar refractivity (Wildman–Crippen MR) is 70.5 cm³/mol. The van der Waals surface area contributed by atoms with Gasteiger partial charge in [-0.15, -0.1) is 11.8 Å². The number of carbonyl (C=O) groups is 2. The molecule has 6 nitrogen and oxygen atoms in total. The molecule has 0 radical (unpaired) electrons. The molecule has 0 atom stereocenters. The Labute approximate surface area is 110 Å². The van der Waals surface area contributed by atoms with E-state index in [0.29, 0.717) is 18.1 Å². The summed E-state index contributed by atoms with van der Waals surface area (Å²) in [6.07, 6.45) is 0.905. The molecule has 0 unspecified atom stereocenters. The molecule has 1 rings (SSSR count). The van der Waals surface area contributed by atoms with E-state index < -0.39 is 0 Å². The highest BCUT2D eigenvalue weighted by molar-refractivity contribution is 8.00. The van der Waals surface area contributed by atoms with Gasteiger partial charge in [-0.05, 0) is 13.3 Å². The van der Waals surface area contributed by atoms with Gasteiger partial charge in [0.2, 0.25) is 11.8 Å². The summed E-state index contributed by atoms with van der Waals surface area (Å²) in [6.45, 7) is 4.40. The Bertz CT molecular complexity index is 406. The minimum Gasteiger partial charge on any atom is -0.360 e. The number of nitrogens with zero attached hydrogens (tertiary/aromatic N) is 1. The van der Waals surface area contributed by atoms with E-state index >= 15 is 0 Å². The van der Waals surface area contributed by atoms with E-state index in [1.54, 1.807) is 13.0 Å². The van der Waals surface area contributed by atoms with Crippen molar-refractivity contribution in [2.45, 2.75) is 20.3 Å². The van der Waals surface area contributed by atoms with Crippen LogP contribution in [0.1, 0.15) is 19.1 Å². The molecular formula is C11H17N3O3S. The molecule has 0 aliphatic heterocycles. The van der Waals surface area contributed by atoms with Gasteiger partial charge in [-0.1, -0.05) is 12.1 Å². The van der Waals surface area contributed by atoms with E-state index in [0.717, 1.165) is 6.42 Å². The first-order valence-corrected chi connectivity index (χ1v) is 6.85. The van der Waals surface area contributed by atoms with Crippen LogP contribution in [0.4, 0.5) is 5.82 Å². The average Bonchev–Trinajstić information content (AvgIpc) is 2.72. The summed E-state index contributed by atoms with van der Waals surface area (Å²) in [5.74, 6) is 1.28. The predicted octanol–water partition coefficient (Wildman–Crippen LogP) is 1.18. The van der Waals surface area contributed by atoms with Gasteiger partial charge in [0.15, 0.2) is 5.82 Å². The highest BCUT2D eigenvalue weighted by Crippen LogP contribution is 2.08. The Morgan fingerprint density at radius 3 is 2.72 bits per heavy atom. The van der Waals surface area contributed by atoms with Gasteiger partial charge < -0.3 is 15.2 Å². The summed E-state index contributed by atoms with van der Waals surface area (Å²) >= 11 is 1.26. The number of hydrogen-bond donors (Lipinski definition) is 2. The van der Waals surface area contributed by atoms with Crippen LogP contribution in [0.25, 0.3) is 0 Å². The summed E-state index contributed by atoms with van der Waals surface area (Å²) < 4.78 is 4.82. The molecule has 1 aromatic heterocycles. The van der Waals surface area contributed by atoms with Gasteiger partial charge in [-0.3, -0.25) is 9.59 Å². The molecular weight excluding hydrogens is 254 g/mol. The second kappa shape index (κ2) is 7.75. The molecule has 0 saturated carbocycles. The number of nitrogens with one attached hydrogen (secondary N) is 2. The van der Waals surface area contributed by atoms with Crippen LogP contribution in [0.3, 0.4) is 0 Å². The van der Waals surface area contributed by atoms with Crippen molar-refractivity contribution in [3.8, 4) is 0 Å². The largest absolute Gasteiger partial charge is 0.360 e. The van der Waals surface area contributed by atoms with Gasteiger partial charge in [0.25, 0.3) is 0 Å². The standard InChI is InChI=1S/C11H17N3O3S/c1-3-4-12-10(15)6-18-7-11(16)13-9-5-8(2)17-14-9/h5H,3-4,6-7H2,1-2H3,(H,12,15)(H,13,14,16). The van der Waals surface area contributed by atoms with E-state index in [-0.39, 0.29) is 23.3 Å². The summed E-state index contributed by atoms with van der Waals surface area (Å²) in [5.41, 5.74) is 0. The van der Waals surface area contributed by atoms with Crippen LogP contribution in [0.15, 0.2) is 10.6 Å². The van der Waals surface area contributed by atoms with E-state index in [4.69, 9.17) is 4.52 Å². The first kappa shape index (κ1) is 14.6. The van der Waals surface area contributed by atoms with Crippen molar-refractivity contribution in [1.29, 1.82) is 0 Å². The first-order valence-electron chi connectivity index (χ1n) is 5.69. The second-order valence-electron chi connectivity index (χ2n) is 3.71. The molecule has 0 aliphatic carbocycles. The fraction of sp³-hybridized carbons (Fsp3) is 0.545. The number of thioether (sulfide) groups is 1. The summed E-state index contributed by atoms with van der Waals surface area (Å²) in [5, 5.41) is 8.97. The van der Waals surface area contributed by atoms with Gasteiger partial charge in [0.05, 0.1) is 11.5 Å². The van der Waals surface area contributed by atoms with Crippen LogP contribution in [-0.2, 0) is 9.59 Å². The molecule has 2 N–H and O–H groups in total. The van der Waals surface area contributed by atoms with Crippen LogP contribution in [0, 0.1) is 6.92 Å². The van der Waals surface area contributed by atoms with Crippen LogP contribution in [0.2, 0.25) is 0 Å². The molecule has 0 aliphatic rings. The number of hydrogen-bond acceptors (Lipinski definition) is 5. The lowest BCUT2D eigenvalue weighted by molar-refractivity contribution is -0.118. The van der Waals surface area contributed by atoms with Crippen molar-refractivity contribution in [3.05, 3.63) is 11.8 Å². The van der Waals surface area contributed by atoms with Crippen LogP contribution >= 0.6 is 11.8 Å². The minimum atomic E-state index is -0.198. The van der Waals surface area contributed by atoms with Gasteiger partial charge >= 0.3 is 0 Å². The molecule has 2 amide bonds. The number of aryl methyl sites for hydroxylation is 1. The van der Waals surface area contributed by atoms with Gasteiger partial charge in [0.1, 0.15) is 5.76 Å².